The number of imide groups is 2. The predicted octanol–water partition coefficient (Wildman–Crippen LogP) is 4.39. The fourth-order valence-electron chi connectivity index (χ4n) is 7.26. The fourth-order valence-corrected chi connectivity index (χ4v) is 8.72. The van der Waals surface area contributed by atoms with Gasteiger partial charge in [-0.15, -0.1) is 21.5 Å². The van der Waals surface area contributed by atoms with E-state index >= 15 is 0 Å². The van der Waals surface area contributed by atoms with Crippen molar-refractivity contribution in [2.24, 2.45) is 4.99 Å². The number of thiophene rings is 1. The molecule has 0 bridgehead atoms. The highest BCUT2D eigenvalue weighted by molar-refractivity contribution is 7.17. The maximum atomic E-state index is 13.7. The quantitative estimate of drug-likeness (QED) is 0.0789. The lowest BCUT2D eigenvalue weighted by Gasteiger charge is -2.27. The van der Waals surface area contributed by atoms with Crippen LogP contribution in [0.5, 0.6) is 5.75 Å². The van der Waals surface area contributed by atoms with Gasteiger partial charge in [0.2, 0.25) is 11.8 Å². The van der Waals surface area contributed by atoms with Crippen LogP contribution in [0.2, 0.25) is 5.02 Å². The van der Waals surface area contributed by atoms with Gasteiger partial charge in [-0.05, 0) is 62.9 Å². The lowest BCUT2D eigenvalue weighted by atomic mass is 9.98. The number of piperidine rings is 1. The molecule has 7 rings (SSSR count). The number of carbonyl (C=O) groups is 7. The number of hydrogen-bond acceptors (Lipinski definition) is 13. The summed E-state index contributed by atoms with van der Waals surface area (Å²) >= 11 is 7.54. The lowest BCUT2D eigenvalue weighted by Crippen LogP contribution is -2.54. The van der Waals surface area contributed by atoms with Gasteiger partial charge in [-0.25, -0.2) is 0 Å². The van der Waals surface area contributed by atoms with Gasteiger partial charge in [-0.1, -0.05) is 36.2 Å². The molecular formula is C40H38ClN7O9S. The summed E-state index contributed by atoms with van der Waals surface area (Å²) in [4.78, 5) is 95.7. The van der Waals surface area contributed by atoms with Crippen molar-refractivity contribution in [3.63, 3.8) is 0 Å². The van der Waals surface area contributed by atoms with Crippen molar-refractivity contribution >= 4 is 69.9 Å². The van der Waals surface area contributed by atoms with Crippen LogP contribution >= 0.6 is 22.9 Å². The summed E-state index contributed by atoms with van der Waals surface area (Å²) in [5.74, 6) is -2.45. The number of ether oxygens (including phenoxy) is 2. The summed E-state index contributed by atoms with van der Waals surface area (Å²) in [5.41, 5.74) is 2.87. The van der Waals surface area contributed by atoms with Gasteiger partial charge in [0.25, 0.3) is 17.7 Å². The number of carbonyl (C=O) groups excluding carboxylic acids is 7. The average Bonchev–Trinajstić information content (AvgIpc) is 3.80. The molecule has 2 atom stereocenters. The van der Waals surface area contributed by atoms with Gasteiger partial charge >= 0.3 is 5.97 Å². The Balaban J connectivity index is 0.951. The van der Waals surface area contributed by atoms with Crippen molar-refractivity contribution in [1.29, 1.82) is 0 Å². The molecule has 1 saturated heterocycles. The maximum absolute atomic E-state index is 13.7. The maximum Gasteiger partial charge on any atom is 0.308 e. The van der Waals surface area contributed by atoms with E-state index in [1.807, 2.05) is 23.6 Å². The number of aryl methyl sites for hydroxylation is 1. The van der Waals surface area contributed by atoms with Gasteiger partial charge in [-0.3, -0.25) is 53.3 Å². The van der Waals surface area contributed by atoms with Crippen molar-refractivity contribution in [2.75, 3.05) is 20.3 Å². The number of nitrogens with zero attached hydrogens (tertiary/aromatic N) is 5. The molecule has 58 heavy (non-hydrogen) atoms. The van der Waals surface area contributed by atoms with Gasteiger partial charge < -0.3 is 14.8 Å². The van der Waals surface area contributed by atoms with E-state index in [1.54, 1.807) is 19.1 Å². The lowest BCUT2D eigenvalue weighted by molar-refractivity contribution is -0.141. The summed E-state index contributed by atoms with van der Waals surface area (Å²) in [6.07, 6.45) is 2.04. The van der Waals surface area contributed by atoms with Crippen LogP contribution in [0.3, 0.4) is 0 Å². The third-order valence-corrected chi connectivity index (χ3v) is 11.7. The Morgan fingerprint density at radius 1 is 0.983 bits per heavy atom. The Bertz CT molecular complexity index is 2400. The first-order valence-electron chi connectivity index (χ1n) is 18.6. The van der Waals surface area contributed by atoms with Crippen molar-refractivity contribution in [1.82, 2.24) is 30.3 Å². The van der Waals surface area contributed by atoms with Crippen LogP contribution in [-0.4, -0.2) is 93.0 Å². The number of fused-ring (bicyclic) bond motifs is 4. The second kappa shape index (κ2) is 16.8. The molecule has 2 aromatic heterocycles. The number of halogens is 1. The molecule has 0 saturated carbocycles. The molecule has 5 heterocycles. The molecule has 16 nitrogen and oxygen atoms in total. The summed E-state index contributed by atoms with van der Waals surface area (Å²) < 4.78 is 12.5. The minimum atomic E-state index is -1.12. The number of benzene rings is 2. The average molecular weight is 828 g/mol. The third kappa shape index (κ3) is 7.78. The van der Waals surface area contributed by atoms with Crippen LogP contribution in [-0.2, 0) is 23.9 Å². The van der Waals surface area contributed by atoms with E-state index < -0.39 is 54.2 Å². The van der Waals surface area contributed by atoms with Crippen molar-refractivity contribution in [3.8, 4) is 10.8 Å². The molecule has 0 spiro atoms. The number of nitrogens with one attached hydrogen (secondary N) is 2. The smallest absolute Gasteiger partial charge is 0.308 e. The van der Waals surface area contributed by atoms with Gasteiger partial charge in [0, 0.05) is 35.5 Å². The standard InChI is InChI=1S/C40H38ClN7O9S/c1-20-32-34(22-11-13-23(41)14-12-22)43-25(18-31(52)56-3)36-46-45-21(2)47(36)40(32)58-35(20)27(49)9-5-4-6-17-42-30(51)19-57-28-10-7-8-24-33(28)39(55)48(38(24)54)26-15-16-29(50)44-37(26)53/h7-8,10-14,25-26H,4-6,9,15-19H2,1-3H3,(H,42,51)(H,44,50,53)/t25-,26?/m0/s1. The summed E-state index contributed by atoms with van der Waals surface area (Å²) in [5, 5.41) is 14.9. The number of methoxy groups -OCH3 is 1. The third-order valence-electron chi connectivity index (χ3n) is 10.2. The normalized spacial score (nSPS) is 17.2. The zero-order valence-corrected chi connectivity index (χ0v) is 33.3. The number of aliphatic imine (C=N–C) groups is 1. The van der Waals surface area contributed by atoms with Crippen molar-refractivity contribution in [3.05, 3.63) is 91.8 Å². The number of aromatic nitrogens is 3. The Kier molecular flexibility index (Phi) is 11.6. The molecule has 1 fully saturated rings. The van der Waals surface area contributed by atoms with Gasteiger partial charge in [0.1, 0.15) is 28.7 Å². The number of esters is 1. The summed E-state index contributed by atoms with van der Waals surface area (Å²) in [6.45, 7) is 3.59. The fraction of sp³-hybridized carbons (Fsp3) is 0.350. The van der Waals surface area contributed by atoms with Crippen LogP contribution in [0.25, 0.3) is 5.00 Å². The number of ketones is 1. The van der Waals surface area contributed by atoms with E-state index in [9.17, 15) is 33.6 Å². The van der Waals surface area contributed by atoms with Crippen LogP contribution in [0.1, 0.15) is 110 Å². The number of Topliss-reactive ketones (excluding diaryl/α,β-unsaturated/α-hetero) is 1. The monoisotopic (exact) mass is 827 g/mol. The number of unbranched alkanes of at least 4 members (excludes halogenated alkanes) is 2. The van der Waals surface area contributed by atoms with E-state index in [1.165, 1.54) is 36.6 Å². The summed E-state index contributed by atoms with van der Waals surface area (Å²) in [7, 11) is 1.32. The molecule has 4 aromatic rings. The summed E-state index contributed by atoms with van der Waals surface area (Å²) in [6, 6.07) is 9.83. The van der Waals surface area contributed by atoms with Crippen LogP contribution in [0, 0.1) is 13.8 Å². The van der Waals surface area contributed by atoms with Gasteiger partial charge in [0.15, 0.2) is 18.2 Å². The molecular weight excluding hydrogens is 790 g/mol. The molecule has 5 amide bonds. The highest BCUT2D eigenvalue weighted by atomic mass is 35.5. The van der Waals surface area contributed by atoms with Crippen molar-refractivity contribution in [2.45, 2.75) is 70.9 Å². The minimum absolute atomic E-state index is 0.00433. The predicted molar refractivity (Wildman–Crippen MR) is 210 cm³/mol. The number of amides is 5. The Morgan fingerprint density at radius 2 is 1.76 bits per heavy atom. The highest BCUT2D eigenvalue weighted by Crippen LogP contribution is 2.41. The van der Waals surface area contributed by atoms with Gasteiger partial charge in [-0.2, -0.15) is 0 Å². The molecule has 1 unspecified atom stereocenters. The molecule has 18 heteroatoms. The van der Waals surface area contributed by atoms with Crippen molar-refractivity contribution < 1.29 is 43.0 Å². The minimum Gasteiger partial charge on any atom is -0.483 e. The second-order valence-corrected chi connectivity index (χ2v) is 15.4. The van der Waals surface area contributed by atoms with Crippen LogP contribution < -0.4 is 15.4 Å². The Labute approximate surface area is 340 Å². The van der Waals surface area contributed by atoms with E-state index in [0.717, 1.165) is 26.6 Å². The van der Waals surface area contributed by atoms with Crippen LogP contribution in [0.4, 0.5) is 0 Å². The molecule has 0 aliphatic carbocycles. The first kappa shape index (κ1) is 40.1. The van der Waals surface area contributed by atoms with E-state index in [2.05, 4.69) is 20.8 Å². The topological polar surface area (TPSA) is 208 Å². The second-order valence-electron chi connectivity index (χ2n) is 14.0. The van der Waals surface area contributed by atoms with Crippen LogP contribution in [0.15, 0.2) is 47.5 Å². The molecule has 2 N–H and O–H groups in total. The first-order valence-corrected chi connectivity index (χ1v) is 19.8. The molecule has 0 radical (unpaired) electrons. The molecule has 3 aliphatic heterocycles. The highest BCUT2D eigenvalue weighted by Gasteiger charge is 2.46. The Hall–Kier alpha value is -6.07. The zero-order chi connectivity index (χ0) is 41.2. The SMILES string of the molecule is COC(=O)C[C@@H]1N=C(c2ccc(Cl)cc2)c2c(sc(C(=O)CCCCCNC(=O)COc3cccc4c3C(=O)N(C3CCC(=O)NC3=O)C4=O)c2C)-n2c(C)nnc21. The first-order chi connectivity index (χ1) is 27.9. The molecule has 300 valence electrons. The van der Waals surface area contributed by atoms with E-state index in [4.69, 9.17) is 26.1 Å². The largest absolute Gasteiger partial charge is 0.483 e. The molecule has 2 aromatic carbocycles. The molecule has 3 aliphatic rings. The number of hydrogen-bond donors (Lipinski definition) is 2. The number of rotatable bonds is 14. The zero-order valence-electron chi connectivity index (χ0n) is 31.8. The van der Waals surface area contributed by atoms with Gasteiger partial charge in [0.05, 0.1) is 35.2 Å². The van der Waals surface area contributed by atoms with E-state index in [-0.39, 0.29) is 48.3 Å². The Morgan fingerprint density at radius 3 is 2.50 bits per heavy atom. The van der Waals surface area contributed by atoms with E-state index in [0.29, 0.717) is 53.1 Å².